The lowest BCUT2D eigenvalue weighted by molar-refractivity contribution is 0.0953. The standard InChI is InChI=1S/C22H29FN4O/c1-22(2,18-11-7-12-19(23)15-18)16-27-21(24-3)26-14-8-13-25-20(28)17-9-5-4-6-10-17/h4-7,9-12,15H,8,13-14,16H2,1-3H3,(H,25,28)(H2,24,26,27). The summed E-state index contributed by atoms with van der Waals surface area (Å²) in [6, 6.07) is 15.8. The lowest BCUT2D eigenvalue weighted by atomic mass is 9.84. The van der Waals surface area contributed by atoms with Gasteiger partial charge in [0.2, 0.25) is 0 Å². The van der Waals surface area contributed by atoms with Crippen LogP contribution in [-0.2, 0) is 5.41 Å². The third-order valence-corrected chi connectivity index (χ3v) is 4.50. The molecule has 1 amide bonds. The van der Waals surface area contributed by atoms with Gasteiger partial charge in [0, 0.05) is 37.7 Å². The molecule has 0 saturated heterocycles. The van der Waals surface area contributed by atoms with Gasteiger partial charge in [-0.1, -0.05) is 44.2 Å². The number of guanidine groups is 1. The second-order valence-corrected chi connectivity index (χ2v) is 7.22. The van der Waals surface area contributed by atoms with Crippen LogP contribution in [0.4, 0.5) is 4.39 Å². The van der Waals surface area contributed by atoms with Crippen LogP contribution in [-0.4, -0.2) is 38.5 Å². The normalized spacial score (nSPS) is 11.8. The van der Waals surface area contributed by atoms with Gasteiger partial charge in [0.05, 0.1) is 0 Å². The van der Waals surface area contributed by atoms with E-state index in [0.717, 1.165) is 12.0 Å². The number of hydrogen-bond donors (Lipinski definition) is 3. The Balaban J connectivity index is 1.70. The number of aliphatic imine (C=N–C) groups is 1. The number of halogens is 1. The maximum absolute atomic E-state index is 13.5. The van der Waals surface area contributed by atoms with E-state index in [1.807, 2.05) is 24.3 Å². The third-order valence-electron chi connectivity index (χ3n) is 4.50. The first-order valence-electron chi connectivity index (χ1n) is 9.46. The van der Waals surface area contributed by atoms with Crippen LogP contribution in [0.1, 0.15) is 36.2 Å². The molecule has 2 aromatic rings. The Morgan fingerprint density at radius 1 is 1.00 bits per heavy atom. The molecular formula is C22H29FN4O. The summed E-state index contributed by atoms with van der Waals surface area (Å²) in [7, 11) is 1.71. The molecule has 0 aromatic heterocycles. The third kappa shape index (κ3) is 6.68. The zero-order valence-electron chi connectivity index (χ0n) is 16.8. The number of nitrogens with one attached hydrogen (secondary N) is 3. The first-order valence-corrected chi connectivity index (χ1v) is 9.46. The van der Waals surface area contributed by atoms with Crippen molar-refractivity contribution in [3.63, 3.8) is 0 Å². The largest absolute Gasteiger partial charge is 0.356 e. The van der Waals surface area contributed by atoms with Crippen molar-refractivity contribution in [1.82, 2.24) is 16.0 Å². The fraction of sp³-hybridized carbons (Fsp3) is 0.364. The lowest BCUT2D eigenvalue weighted by Gasteiger charge is -2.27. The SMILES string of the molecule is CN=C(NCCCNC(=O)c1ccccc1)NCC(C)(C)c1cccc(F)c1. The predicted octanol–water partition coefficient (Wildman–Crippen LogP) is 3.09. The average Bonchev–Trinajstić information content (AvgIpc) is 2.70. The molecule has 3 N–H and O–H groups in total. The number of hydrogen-bond acceptors (Lipinski definition) is 2. The Kier molecular flexibility index (Phi) is 7.99. The summed E-state index contributed by atoms with van der Waals surface area (Å²) >= 11 is 0. The molecule has 0 unspecified atom stereocenters. The minimum atomic E-state index is -0.247. The van der Waals surface area contributed by atoms with Crippen LogP contribution in [0, 0.1) is 5.82 Å². The van der Waals surface area contributed by atoms with Gasteiger partial charge in [-0.15, -0.1) is 0 Å². The van der Waals surface area contributed by atoms with Gasteiger partial charge in [0.1, 0.15) is 5.82 Å². The quantitative estimate of drug-likeness (QED) is 0.372. The summed E-state index contributed by atoms with van der Waals surface area (Å²) in [6.45, 7) is 5.98. The van der Waals surface area contributed by atoms with Gasteiger partial charge in [-0.05, 0) is 36.2 Å². The van der Waals surface area contributed by atoms with Crippen LogP contribution in [0.15, 0.2) is 59.6 Å². The van der Waals surface area contributed by atoms with Gasteiger partial charge in [0.15, 0.2) is 5.96 Å². The molecule has 0 atom stereocenters. The van der Waals surface area contributed by atoms with Crippen molar-refractivity contribution in [2.24, 2.45) is 4.99 Å². The minimum Gasteiger partial charge on any atom is -0.356 e. The number of amides is 1. The molecule has 0 radical (unpaired) electrons. The second-order valence-electron chi connectivity index (χ2n) is 7.22. The summed E-state index contributed by atoms with van der Waals surface area (Å²) in [6.07, 6.45) is 0.770. The van der Waals surface area contributed by atoms with Gasteiger partial charge in [-0.3, -0.25) is 9.79 Å². The Hall–Kier alpha value is -2.89. The summed E-state index contributed by atoms with van der Waals surface area (Å²) in [5.74, 6) is 0.379. The summed E-state index contributed by atoms with van der Waals surface area (Å²) in [5.41, 5.74) is 1.34. The van der Waals surface area contributed by atoms with Gasteiger partial charge >= 0.3 is 0 Å². The first kappa shape index (κ1) is 21.4. The highest BCUT2D eigenvalue weighted by Crippen LogP contribution is 2.22. The summed E-state index contributed by atoms with van der Waals surface area (Å²) in [5, 5.41) is 9.41. The molecule has 0 fully saturated rings. The smallest absolute Gasteiger partial charge is 0.251 e. The van der Waals surface area contributed by atoms with E-state index in [9.17, 15) is 9.18 Å². The van der Waals surface area contributed by atoms with Crippen molar-refractivity contribution < 1.29 is 9.18 Å². The molecule has 150 valence electrons. The number of nitrogens with zero attached hydrogens (tertiary/aromatic N) is 1. The minimum absolute atomic E-state index is 0.0695. The number of rotatable bonds is 8. The van der Waals surface area contributed by atoms with Crippen molar-refractivity contribution in [3.05, 3.63) is 71.5 Å². The van der Waals surface area contributed by atoms with Gasteiger partial charge < -0.3 is 16.0 Å². The molecule has 0 spiro atoms. The topological polar surface area (TPSA) is 65.5 Å². The van der Waals surface area contributed by atoms with E-state index in [1.165, 1.54) is 6.07 Å². The van der Waals surface area contributed by atoms with E-state index in [-0.39, 0.29) is 17.1 Å². The monoisotopic (exact) mass is 384 g/mol. The van der Waals surface area contributed by atoms with E-state index < -0.39 is 0 Å². The van der Waals surface area contributed by atoms with Gasteiger partial charge in [-0.2, -0.15) is 0 Å². The molecule has 2 rings (SSSR count). The highest BCUT2D eigenvalue weighted by atomic mass is 19.1. The molecule has 0 aliphatic rings. The molecule has 5 nitrogen and oxygen atoms in total. The van der Waals surface area contributed by atoms with E-state index in [1.54, 1.807) is 31.3 Å². The fourth-order valence-corrected chi connectivity index (χ4v) is 2.73. The highest BCUT2D eigenvalue weighted by molar-refractivity contribution is 5.94. The summed E-state index contributed by atoms with van der Waals surface area (Å²) < 4.78 is 13.5. The van der Waals surface area contributed by atoms with Crippen LogP contribution >= 0.6 is 0 Å². The van der Waals surface area contributed by atoms with E-state index in [0.29, 0.717) is 31.2 Å². The lowest BCUT2D eigenvalue weighted by Crippen LogP contribution is -2.44. The van der Waals surface area contributed by atoms with Crippen molar-refractivity contribution in [2.45, 2.75) is 25.7 Å². The average molecular weight is 384 g/mol. The molecule has 0 saturated carbocycles. The van der Waals surface area contributed by atoms with E-state index in [4.69, 9.17) is 0 Å². The Morgan fingerprint density at radius 2 is 1.71 bits per heavy atom. The first-order chi connectivity index (χ1) is 13.4. The molecule has 0 aliphatic heterocycles. The maximum Gasteiger partial charge on any atom is 0.251 e. The fourth-order valence-electron chi connectivity index (χ4n) is 2.73. The number of benzene rings is 2. The molecular weight excluding hydrogens is 355 g/mol. The van der Waals surface area contributed by atoms with E-state index >= 15 is 0 Å². The number of carbonyl (C=O) groups excluding carboxylic acids is 1. The number of carbonyl (C=O) groups is 1. The molecule has 0 aliphatic carbocycles. The molecule has 28 heavy (non-hydrogen) atoms. The molecule has 0 bridgehead atoms. The van der Waals surface area contributed by atoms with Crippen LogP contribution in [0.3, 0.4) is 0 Å². The molecule has 6 heteroatoms. The van der Waals surface area contributed by atoms with Crippen molar-refractivity contribution in [3.8, 4) is 0 Å². The predicted molar refractivity (Wildman–Crippen MR) is 112 cm³/mol. The highest BCUT2D eigenvalue weighted by Gasteiger charge is 2.21. The molecule has 2 aromatic carbocycles. The van der Waals surface area contributed by atoms with Gasteiger partial charge in [0.25, 0.3) is 5.91 Å². The zero-order valence-corrected chi connectivity index (χ0v) is 16.8. The van der Waals surface area contributed by atoms with Crippen molar-refractivity contribution in [1.29, 1.82) is 0 Å². The zero-order chi connectivity index (χ0) is 20.4. The Bertz CT molecular complexity index is 790. The second kappa shape index (κ2) is 10.4. The molecule has 0 heterocycles. The van der Waals surface area contributed by atoms with Crippen LogP contribution in [0.5, 0.6) is 0 Å². The Morgan fingerprint density at radius 3 is 2.39 bits per heavy atom. The van der Waals surface area contributed by atoms with Crippen LogP contribution in [0.25, 0.3) is 0 Å². The summed E-state index contributed by atoms with van der Waals surface area (Å²) in [4.78, 5) is 16.2. The van der Waals surface area contributed by atoms with Crippen LogP contribution < -0.4 is 16.0 Å². The van der Waals surface area contributed by atoms with E-state index in [2.05, 4.69) is 34.8 Å². The van der Waals surface area contributed by atoms with Gasteiger partial charge in [-0.25, -0.2) is 4.39 Å². The Labute approximate surface area is 166 Å². The van der Waals surface area contributed by atoms with Crippen LogP contribution in [0.2, 0.25) is 0 Å². The van der Waals surface area contributed by atoms with Crippen molar-refractivity contribution >= 4 is 11.9 Å². The van der Waals surface area contributed by atoms with Crippen molar-refractivity contribution in [2.75, 3.05) is 26.7 Å². The maximum atomic E-state index is 13.5.